The lowest BCUT2D eigenvalue weighted by Crippen LogP contribution is -2.22. The topological polar surface area (TPSA) is 81.1 Å². The maximum atomic E-state index is 11.8. The summed E-state index contributed by atoms with van der Waals surface area (Å²) in [7, 11) is 0. The molecule has 0 atom stereocenters. The number of benzene rings is 1. The molecule has 0 fully saturated rings. The zero-order valence-electron chi connectivity index (χ0n) is 10.1. The van der Waals surface area contributed by atoms with Gasteiger partial charge in [-0.15, -0.1) is 0 Å². The van der Waals surface area contributed by atoms with Crippen LogP contribution in [0.2, 0.25) is 0 Å². The lowest BCUT2D eigenvalue weighted by atomic mass is 10.1. The number of aromatic hydroxyl groups is 1. The fourth-order valence-electron chi connectivity index (χ4n) is 1.69. The highest BCUT2D eigenvalue weighted by Gasteiger charge is 2.07. The third kappa shape index (κ3) is 2.26. The SMILES string of the molecule is CCc1ccc(-n2nc(CN)c(O)cc2=O)cc1. The molecule has 2 aromatic rings. The van der Waals surface area contributed by atoms with Crippen LogP contribution in [0.3, 0.4) is 0 Å². The average Bonchev–Trinajstić information content (AvgIpc) is 2.39. The molecular weight excluding hydrogens is 230 g/mol. The highest BCUT2D eigenvalue weighted by Crippen LogP contribution is 2.12. The van der Waals surface area contributed by atoms with E-state index in [4.69, 9.17) is 5.73 Å². The molecule has 5 nitrogen and oxygen atoms in total. The molecule has 2 rings (SSSR count). The zero-order valence-corrected chi connectivity index (χ0v) is 10.1. The Morgan fingerprint density at radius 1 is 1.33 bits per heavy atom. The van der Waals surface area contributed by atoms with E-state index in [2.05, 4.69) is 12.0 Å². The van der Waals surface area contributed by atoms with Gasteiger partial charge in [-0.1, -0.05) is 19.1 Å². The van der Waals surface area contributed by atoms with Crippen LogP contribution in [0.15, 0.2) is 35.1 Å². The summed E-state index contributed by atoms with van der Waals surface area (Å²) in [6.07, 6.45) is 0.937. The second-order valence-electron chi connectivity index (χ2n) is 3.95. The first-order valence-electron chi connectivity index (χ1n) is 5.77. The molecule has 0 spiro atoms. The van der Waals surface area contributed by atoms with Crippen LogP contribution in [-0.4, -0.2) is 14.9 Å². The van der Waals surface area contributed by atoms with Crippen molar-refractivity contribution in [1.29, 1.82) is 0 Å². The number of aryl methyl sites for hydroxylation is 1. The van der Waals surface area contributed by atoms with Crippen LogP contribution in [0.5, 0.6) is 5.75 Å². The van der Waals surface area contributed by atoms with Gasteiger partial charge < -0.3 is 10.8 Å². The normalized spacial score (nSPS) is 10.6. The number of nitrogens with two attached hydrogens (primary N) is 1. The van der Waals surface area contributed by atoms with Crippen molar-refractivity contribution in [1.82, 2.24) is 9.78 Å². The van der Waals surface area contributed by atoms with E-state index in [0.29, 0.717) is 11.4 Å². The third-order valence-corrected chi connectivity index (χ3v) is 2.77. The minimum absolute atomic E-state index is 0.0825. The summed E-state index contributed by atoms with van der Waals surface area (Å²) in [6.45, 7) is 2.14. The van der Waals surface area contributed by atoms with Crippen LogP contribution in [0.25, 0.3) is 5.69 Å². The van der Waals surface area contributed by atoms with Crippen molar-refractivity contribution in [3.05, 3.63) is 51.9 Å². The van der Waals surface area contributed by atoms with Crippen molar-refractivity contribution >= 4 is 0 Å². The summed E-state index contributed by atoms with van der Waals surface area (Å²) < 4.78 is 1.24. The number of hydrogen-bond donors (Lipinski definition) is 2. The molecule has 0 bridgehead atoms. The van der Waals surface area contributed by atoms with Gasteiger partial charge in [-0.2, -0.15) is 9.78 Å². The van der Waals surface area contributed by atoms with Crippen molar-refractivity contribution in [3.63, 3.8) is 0 Å². The van der Waals surface area contributed by atoms with E-state index in [1.54, 1.807) is 0 Å². The highest BCUT2D eigenvalue weighted by molar-refractivity contribution is 5.35. The Bertz CT molecular complexity index is 603. The Balaban J connectivity index is 2.52. The zero-order chi connectivity index (χ0) is 13.1. The summed E-state index contributed by atoms with van der Waals surface area (Å²) in [4.78, 5) is 11.8. The van der Waals surface area contributed by atoms with Gasteiger partial charge >= 0.3 is 0 Å². The van der Waals surface area contributed by atoms with Crippen LogP contribution >= 0.6 is 0 Å². The van der Waals surface area contributed by atoms with Crippen molar-refractivity contribution in [3.8, 4) is 11.4 Å². The van der Waals surface area contributed by atoms with Gasteiger partial charge in [-0.3, -0.25) is 4.79 Å². The van der Waals surface area contributed by atoms with Crippen LogP contribution in [-0.2, 0) is 13.0 Å². The van der Waals surface area contributed by atoms with Gasteiger partial charge in [-0.25, -0.2) is 0 Å². The molecule has 0 radical (unpaired) electrons. The molecule has 0 aliphatic heterocycles. The molecule has 0 aliphatic carbocycles. The predicted molar refractivity (Wildman–Crippen MR) is 68.8 cm³/mol. The van der Waals surface area contributed by atoms with Gasteiger partial charge in [0.2, 0.25) is 0 Å². The van der Waals surface area contributed by atoms with Gasteiger partial charge in [-0.05, 0) is 24.1 Å². The van der Waals surface area contributed by atoms with E-state index in [1.165, 1.54) is 10.2 Å². The molecule has 1 heterocycles. The molecule has 3 N–H and O–H groups in total. The fourth-order valence-corrected chi connectivity index (χ4v) is 1.69. The molecule has 94 valence electrons. The largest absolute Gasteiger partial charge is 0.506 e. The standard InChI is InChI=1S/C13H15N3O2/c1-2-9-3-5-10(6-4-9)16-13(18)7-12(17)11(8-14)15-16/h3-7,17H,2,8,14H2,1H3. The summed E-state index contributed by atoms with van der Waals surface area (Å²) in [5, 5.41) is 13.5. The monoisotopic (exact) mass is 245 g/mol. The summed E-state index contributed by atoms with van der Waals surface area (Å²) >= 11 is 0. The number of hydrogen-bond acceptors (Lipinski definition) is 4. The van der Waals surface area contributed by atoms with Gasteiger partial charge in [0.05, 0.1) is 5.69 Å². The first-order chi connectivity index (χ1) is 8.65. The van der Waals surface area contributed by atoms with Crippen molar-refractivity contribution in [2.24, 2.45) is 5.73 Å². The van der Waals surface area contributed by atoms with Gasteiger partial charge in [0.15, 0.2) is 0 Å². The molecule has 0 aliphatic rings. The maximum absolute atomic E-state index is 11.8. The highest BCUT2D eigenvalue weighted by atomic mass is 16.3. The minimum Gasteiger partial charge on any atom is -0.506 e. The quantitative estimate of drug-likeness (QED) is 0.844. The van der Waals surface area contributed by atoms with Crippen LogP contribution in [0.4, 0.5) is 0 Å². The predicted octanol–water partition coefficient (Wildman–Crippen LogP) is 0.959. The Morgan fingerprint density at radius 3 is 2.56 bits per heavy atom. The van der Waals surface area contributed by atoms with E-state index in [0.717, 1.165) is 12.5 Å². The average molecular weight is 245 g/mol. The van der Waals surface area contributed by atoms with Crippen LogP contribution in [0.1, 0.15) is 18.2 Å². The first-order valence-corrected chi connectivity index (χ1v) is 5.77. The number of rotatable bonds is 3. The second-order valence-corrected chi connectivity index (χ2v) is 3.95. The fraction of sp³-hybridized carbons (Fsp3) is 0.231. The van der Waals surface area contributed by atoms with Crippen molar-refractivity contribution < 1.29 is 5.11 Å². The van der Waals surface area contributed by atoms with E-state index in [1.807, 2.05) is 24.3 Å². The molecule has 1 aromatic carbocycles. The number of nitrogens with zero attached hydrogens (tertiary/aromatic N) is 2. The molecule has 0 amide bonds. The van der Waals surface area contributed by atoms with Crippen molar-refractivity contribution in [2.45, 2.75) is 19.9 Å². The van der Waals surface area contributed by atoms with Gasteiger partial charge in [0.1, 0.15) is 11.4 Å². The Morgan fingerprint density at radius 2 is 2.00 bits per heavy atom. The van der Waals surface area contributed by atoms with Gasteiger partial charge in [0.25, 0.3) is 5.56 Å². The van der Waals surface area contributed by atoms with Crippen molar-refractivity contribution in [2.75, 3.05) is 0 Å². The molecule has 0 saturated heterocycles. The van der Waals surface area contributed by atoms with Crippen LogP contribution in [0, 0.1) is 0 Å². The maximum Gasteiger partial charge on any atom is 0.275 e. The minimum atomic E-state index is -0.381. The molecular formula is C13H15N3O2. The molecule has 0 unspecified atom stereocenters. The second kappa shape index (κ2) is 5.01. The van der Waals surface area contributed by atoms with E-state index < -0.39 is 0 Å². The van der Waals surface area contributed by atoms with E-state index in [9.17, 15) is 9.90 Å². The Hall–Kier alpha value is -2.14. The lowest BCUT2D eigenvalue weighted by Gasteiger charge is -2.08. The lowest BCUT2D eigenvalue weighted by molar-refractivity contribution is 0.457. The smallest absolute Gasteiger partial charge is 0.275 e. The van der Waals surface area contributed by atoms with E-state index >= 15 is 0 Å². The molecule has 1 aromatic heterocycles. The molecule has 0 saturated carbocycles. The summed E-state index contributed by atoms with van der Waals surface area (Å²) in [5.74, 6) is -0.163. The number of aromatic nitrogens is 2. The summed E-state index contributed by atoms with van der Waals surface area (Å²) in [5.41, 5.74) is 7.22. The Kier molecular flexibility index (Phi) is 3.43. The Labute approximate surface area is 104 Å². The first kappa shape index (κ1) is 12.3. The summed E-state index contributed by atoms with van der Waals surface area (Å²) in [6, 6.07) is 8.66. The third-order valence-electron chi connectivity index (χ3n) is 2.77. The van der Waals surface area contributed by atoms with Gasteiger partial charge in [0, 0.05) is 12.6 Å². The molecule has 5 heteroatoms. The van der Waals surface area contributed by atoms with E-state index in [-0.39, 0.29) is 17.9 Å². The van der Waals surface area contributed by atoms with Crippen LogP contribution < -0.4 is 11.3 Å². The molecule has 18 heavy (non-hydrogen) atoms.